The van der Waals surface area contributed by atoms with Crippen molar-refractivity contribution in [3.05, 3.63) is 83.4 Å². The number of unbranched alkanes of at least 4 members (excludes halogenated alkanes) is 1. The average molecular weight is 528 g/mol. The summed E-state index contributed by atoms with van der Waals surface area (Å²) < 4.78 is 55.6. The number of hydrogen-bond donors (Lipinski definition) is 2. The van der Waals surface area contributed by atoms with Crippen LogP contribution in [-0.2, 0) is 0 Å². The summed E-state index contributed by atoms with van der Waals surface area (Å²) in [5.74, 6) is 0.308. The fourth-order valence-electron chi connectivity index (χ4n) is 4.56. The van der Waals surface area contributed by atoms with E-state index in [1.807, 2.05) is 0 Å². The lowest BCUT2D eigenvalue weighted by molar-refractivity contribution is -0.0695. The van der Waals surface area contributed by atoms with Crippen molar-refractivity contribution in [3.63, 3.8) is 0 Å². The van der Waals surface area contributed by atoms with E-state index >= 15 is 0 Å². The topological polar surface area (TPSA) is 62.2 Å². The number of benzene rings is 3. The Morgan fingerprint density at radius 2 is 1.55 bits per heavy atom. The number of alkyl halides is 3. The van der Waals surface area contributed by atoms with Crippen molar-refractivity contribution < 1.29 is 32.9 Å². The molecule has 202 valence electrons. The van der Waals surface area contributed by atoms with E-state index in [9.17, 15) is 23.4 Å². The molecule has 2 N–H and O–H groups in total. The first-order valence-electron chi connectivity index (χ1n) is 12.7. The monoisotopic (exact) mass is 527 g/mol. The van der Waals surface area contributed by atoms with Gasteiger partial charge in [0.15, 0.2) is 6.10 Å². The number of ether oxygens (including phenoxy) is 2. The van der Waals surface area contributed by atoms with Gasteiger partial charge in [-0.3, -0.25) is 0 Å². The molecule has 0 aromatic heterocycles. The first kappa shape index (κ1) is 27.4. The predicted octanol–water partition coefficient (Wildman–Crippen LogP) is 7.21. The van der Waals surface area contributed by atoms with Gasteiger partial charge in [0.1, 0.15) is 23.0 Å². The van der Waals surface area contributed by atoms with Crippen molar-refractivity contribution in [3.8, 4) is 23.0 Å². The Labute approximate surface area is 220 Å². The first-order valence-corrected chi connectivity index (χ1v) is 12.7. The van der Waals surface area contributed by atoms with Crippen molar-refractivity contribution in [2.75, 3.05) is 26.7 Å². The third-order valence-corrected chi connectivity index (χ3v) is 6.50. The third kappa shape index (κ3) is 6.42. The second-order valence-corrected chi connectivity index (χ2v) is 9.44. The van der Waals surface area contributed by atoms with E-state index < -0.39 is 17.9 Å². The molecule has 38 heavy (non-hydrogen) atoms. The smallest absolute Gasteiger partial charge is 0.417 e. The molecule has 1 atom stereocenters. The van der Waals surface area contributed by atoms with E-state index in [1.54, 1.807) is 24.3 Å². The summed E-state index contributed by atoms with van der Waals surface area (Å²) >= 11 is 0. The van der Waals surface area contributed by atoms with Crippen LogP contribution in [0.1, 0.15) is 49.0 Å². The molecule has 0 saturated carbocycles. The summed E-state index contributed by atoms with van der Waals surface area (Å²) in [4.78, 5) is 2.27. The molecule has 5 nitrogen and oxygen atoms in total. The Bertz CT molecular complexity index is 1250. The van der Waals surface area contributed by atoms with Gasteiger partial charge in [-0.05, 0) is 74.0 Å². The number of phenolic OH excluding ortho intramolecular Hbond substituents is 2. The minimum Gasteiger partial charge on any atom is -0.508 e. The summed E-state index contributed by atoms with van der Waals surface area (Å²) in [5, 5.41) is 19.7. The second kappa shape index (κ2) is 11.8. The Hall–Kier alpha value is -3.65. The van der Waals surface area contributed by atoms with Crippen molar-refractivity contribution >= 4 is 11.1 Å². The van der Waals surface area contributed by atoms with Crippen LogP contribution in [0.3, 0.4) is 0 Å². The van der Waals surface area contributed by atoms with E-state index in [0.717, 1.165) is 32.4 Å². The normalized spacial score (nSPS) is 15.4. The highest BCUT2D eigenvalue weighted by molar-refractivity contribution is 5.98. The fraction of sp³-hybridized carbons (Fsp3) is 0.333. The molecule has 1 aliphatic heterocycles. The molecule has 0 bridgehead atoms. The number of hydrogen-bond acceptors (Lipinski definition) is 5. The maximum Gasteiger partial charge on any atom is 0.417 e. The van der Waals surface area contributed by atoms with Gasteiger partial charge in [-0.1, -0.05) is 37.6 Å². The minimum absolute atomic E-state index is 0.0560. The Kier molecular flexibility index (Phi) is 8.52. The van der Waals surface area contributed by atoms with Gasteiger partial charge in [0.25, 0.3) is 0 Å². The number of phenols is 2. The van der Waals surface area contributed by atoms with E-state index in [-0.39, 0.29) is 33.9 Å². The van der Waals surface area contributed by atoms with Gasteiger partial charge >= 0.3 is 6.18 Å². The lowest BCUT2D eigenvalue weighted by Gasteiger charge is -2.33. The molecule has 1 unspecified atom stereocenters. The molecule has 4 rings (SSSR count). The van der Waals surface area contributed by atoms with Gasteiger partial charge in [0.05, 0.1) is 12.2 Å². The molecule has 0 radical (unpaired) electrons. The van der Waals surface area contributed by atoms with Crippen LogP contribution in [0.4, 0.5) is 13.2 Å². The SMILES string of the molecule is CCCCN(C)CCCOc1ccc(C2Oc3cc(O)ccc3C(C(F)(F)F)=C2c2ccc(O)cc2)cc1. The van der Waals surface area contributed by atoms with Crippen molar-refractivity contribution in [2.24, 2.45) is 0 Å². The predicted molar refractivity (Wildman–Crippen MR) is 141 cm³/mol. The van der Waals surface area contributed by atoms with Crippen LogP contribution < -0.4 is 9.47 Å². The highest BCUT2D eigenvalue weighted by Gasteiger charge is 2.44. The van der Waals surface area contributed by atoms with E-state index in [2.05, 4.69) is 18.9 Å². The molecular formula is C30H32F3NO4. The molecule has 0 spiro atoms. The van der Waals surface area contributed by atoms with Crippen molar-refractivity contribution in [2.45, 2.75) is 38.5 Å². The molecule has 0 aliphatic carbocycles. The second-order valence-electron chi connectivity index (χ2n) is 9.44. The van der Waals surface area contributed by atoms with Gasteiger partial charge in [-0.2, -0.15) is 13.2 Å². The molecule has 8 heteroatoms. The van der Waals surface area contributed by atoms with Crippen LogP contribution in [0.5, 0.6) is 23.0 Å². The largest absolute Gasteiger partial charge is 0.508 e. The Morgan fingerprint density at radius 1 is 0.895 bits per heavy atom. The molecular weight excluding hydrogens is 495 g/mol. The molecule has 0 amide bonds. The summed E-state index contributed by atoms with van der Waals surface area (Å²) in [6, 6.07) is 16.0. The van der Waals surface area contributed by atoms with Gasteiger partial charge < -0.3 is 24.6 Å². The fourth-order valence-corrected chi connectivity index (χ4v) is 4.56. The van der Waals surface area contributed by atoms with E-state index in [1.165, 1.54) is 42.5 Å². The van der Waals surface area contributed by atoms with Gasteiger partial charge in [-0.25, -0.2) is 0 Å². The summed E-state index contributed by atoms with van der Waals surface area (Å²) in [7, 11) is 2.08. The molecule has 1 heterocycles. The molecule has 0 saturated heterocycles. The van der Waals surface area contributed by atoms with Crippen LogP contribution in [0.25, 0.3) is 11.1 Å². The highest BCUT2D eigenvalue weighted by atomic mass is 19.4. The zero-order valence-electron chi connectivity index (χ0n) is 21.5. The van der Waals surface area contributed by atoms with Crippen LogP contribution in [0.2, 0.25) is 0 Å². The van der Waals surface area contributed by atoms with Crippen LogP contribution in [0.15, 0.2) is 66.7 Å². The Morgan fingerprint density at radius 3 is 2.21 bits per heavy atom. The first-order chi connectivity index (χ1) is 18.2. The quantitative estimate of drug-likeness (QED) is 0.273. The van der Waals surface area contributed by atoms with E-state index in [4.69, 9.17) is 9.47 Å². The number of nitrogens with zero attached hydrogens (tertiary/aromatic N) is 1. The van der Waals surface area contributed by atoms with Crippen LogP contribution in [0, 0.1) is 0 Å². The minimum atomic E-state index is -4.70. The average Bonchev–Trinajstić information content (AvgIpc) is 2.89. The summed E-state index contributed by atoms with van der Waals surface area (Å²) in [5.41, 5.74) is -0.304. The molecule has 3 aromatic rings. The Balaban J connectivity index is 1.63. The highest BCUT2D eigenvalue weighted by Crippen LogP contribution is 2.53. The number of halogens is 3. The summed E-state index contributed by atoms with van der Waals surface area (Å²) in [6.07, 6.45) is -2.64. The van der Waals surface area contributed by atoms with E-state index in [0.29, 0.717) is 17.9 Å². The lowest BCUT2D eigenvalue weighted by atomic mass is 9.85. The van der Waals surface area contributed by atoms with Gasteiger partial charge in [0.2, 0.25) is 0 Å². The molecule has 1 aliphatic rings. The standard InChI is InChI=1S/C30H32F3NO4/c1-3-4-16-34(2)17-5-18-37-24-13-8-21(9-14-24)29-27(20-6-10-22(35)11-7-20)28(30(31,32)33)25-15-12-23(36)19-26(25)38-29/h6-15,19,29,35-36H,3-5,16-18H2,1-2H3. The maximum absolute atomic E-state index is 14.5. The third-order valence-electron chi connectivity index (χ3n) is 6.50. The lowest BCUT2D eigenvalue weighted by Crippen LogP contribution is -2.23. The summed E-state index contributed by atoms with van der Waals surface area (Å²) in [6.45, 7) is 4.65. The number of fused-ring (bicyclic) bond motifs is 1. The van der Waals surface area contributed by atoms with Crippen LogP contribution in [-0.4, -0.2) is 48.0 Å². The number of allylic oxidation sites excluding steroid dienone is 1. The molecule has 0 fully saturated rings. The van der Waals surface area contributed by atoms with Gasteiger partial charge in [-0.15, -0.1) is 0 Å². The number of rotatable bonds is 10. The van der Waals surface area contributed by atoms with Crippen molar-refractivity contribution in [1.82, 2.24) is 4.90 Å². The number of aromatic hydroxyl groups is 2. The zero-order chi connectivity index (χ0) is 27.3. The zero-order valence-corrected chi connectivity index (χ0v) is 21.5. The van der Waals surface area contributed by atoms with Gasteiger partial charge in [0, 0.05) is 23.7 Å². The molecule has 3 aromatic carbocycles. The van der Waals surface area contributed by atoms with Crippen molar-refractivity contribution in [1.29, 1.82) is 0 Å². The maximum atomic E-state index is 14.5. The van der Waals surface area contributed by atoms with Crippen LogP contribution >= 0.6 is 0 Å².